The zero-order valence-electron chi connectivity index (χ0n) is 14.5. The smallest absolute Gasteiger partial charge is 0.310 e. The quantitative estimate of drug-likeness (QED) is 0.563. The van der Waals surface area contributed by atoms with Crippen molar-refractivity contribution in [3.8, 4) is 5.75 Å². The Morgan fingerprint density at radius 1 is 1.20 bits per heavy atom. The summed E-state index contributed by atoms with van der Waals surface area (Å²) < 4.78 is 31.8. The van der Waals surface area contributed by atoms with E-state index in [0.29, 0.717) is 12.4 Å². The summed E-state index contributed by atoms with van der Waals surface area (Å²) in [6.07, 6.45) is -0.0913. The van der Waals surface area contributed by atoms with Crippen LogP contribution in [0.5, 0.6) is 5.75 Å². The number of aliphatic carboxylic acids is 1. The highest BCUT2D eigenvalue weighted by Gasteiger charge is 2.27. The number of amides is 1. The number of carbonyl (C=O) groups excluding carboxylic acids is 1. The van der Waals surface area contributed by atoms with Crippen molar-refractivity contribution in [1.29, 1.82) is 0 Å². The standard InChI is InChI=1S/C16H24N2O6S/c1-4-24-12-5-7-13(8-6-12)25(22,23)18-10-9-14(19)17-11-16(2,3)15(20)21/h5-8,18H,4,9-11H2,1-3H3,(H,17,19)(H,20,21). The Balaban J connectivity index is 2.48. The summed E-state index contributed by atoms with van der Waals surface area (Å²) in [5.74, 6) is -0.880. The number of hydrogen-bond donors (Lipinski definition) is 3. The van der Waals surface area contributed by atoms with Crippen LogP contribution in [-0.2, 0) is 19.6 Å². The van der Waals surface area contributed by atoms with E-state index in [1.807, 2.05) is 6.92 Å². The van der Waals surface area contributed by atoms with Gasteiger partial charge in [-0.15, -0.1) is 0 Å². The Labute approximate surface area is 147 Å². The van der Waals surface area contributed by atoms with Gasteiger partial charge in [0, 0.05) is 19.5 Å². The minimum atomic E-state index is -3.72. The van der Waals surface area contributed by atoms with Crippen LogP contribution in [-0.4, -0.2) is 45.1 Å². The summed E-state index contributed by atoms with van der Waals surface area (Å²) in [5, 5.41) is 11.4. The molecule has 0 aromatic heterocycles. The van der Waals surface area contributed by atoms with Crippen LogP contribution in [0.25, 0.3) is 0 Å². The first kappa shape index (κ1) is 20.9. The highest BCUT2D eigenvalue weighted by Crippen LogP contribution is 2.16. The van der Waals surface area contributed by atoms with Gasteiger partial charge in [0.1, 0.15) is 5.75 Å². The second-order valence-corrected chi connectivity index (χ2v) is 7.78. The van der Waals surface area contributed by atoms with Crippen molar-refractivity contribution < 1.29 is 27.9 Å². The number of carboxylic acid groups (broad SMARTS) is 1. The molecule has 9 heteroatoms. The third kappa shape index (κ3) is 6.71. The van der Waals surface area contributed by atoms with E-state index in [9.17, 15) is 18.0 Å². The number of ether oxygens (including phenoxy) is 1. The van der Waals surface area contributed by atoms with E-state index in [1.54, 1.807) is 12.1 Å². The lowest BCUT2D eigenvalue weighted by Crippen LogP contribution is -2.40. The van der Waals surface area contributed by atoms with Crippen molar-refractivity contribution in [2.45, 2.75) is 32.1 Å². The van der Waals surface area contributed by atoms with Crippen molar-refractivity contribution in [3.05, 3.63) is 24.3 Å². The number of carbonyl (C=O) groups is 2. The largest absolute Gasteiger partial charge is 0.494 e. The molecule has 0 heterocycles. The molecule has 0 spiro atoms. The lowest BCUT2D eigenvalue weighted by molar-refractivity contribution is -0.146. The van der Waals surface area contributed by atoms with Crippen LogP contribution in [0.15, 0.2) is 29.2 Å². The molecule has 0 saturated heterocycles. The fourth-order valence-electron chi connectivity index (χ4n) is 1.75. The van der Waals surface area contributed by atoms with Crippen LogP contribution < -0.4 is 14.8 Å². The topological polar surface area (TPSA) is 122 Å². The van der Waals surface area contributed by atoms with Gasteiger partial charge in [-0.3, -0.25) is 9.59 Å². The van der Waals surface area contributed by atoms with E-state index < -0.39 is 27.3 Å². The molecule has 0 fully saturated rings. The molecule has 0 atom stereocenters. The van der Waals surface area contributed by atoms with Crippen molar-refractivity contribution >= 4 is 21.9 Å². The highest BCUT2D eigenvalue weighted by atomic mass is 32.2. The van der Waals surface area contributed by atoms with Gasteiger partial charge in [-0.05, 0) is 45.0 Å². The van der Waals surface area contributed by atoms with Gasteiger partial charge in [-0.2, -0.15) is 0 Å². The molecular weight excluding hydrogens is 348 g/mol. The lowest BCUT2D eigenvalue weighted by atomic mass is 9.94. The van der Waals surface area contributed by atoms with E-state index in [1.165, 1.54) is 26.0 Å². The monoisotopic (exact) mass is 372 g/mol. The predicted octanol–water partition coefficient (Wildman–Crippen LogP) is 0.981. The molecule has 1 rings (SSSR count). The van der Waals surface area contributed by atoms with Crippen LogP contribution in [0.1, 0.15) is 27.2 Å². The minimum Gasteiger partial charge on any atom is -0.494 e. The summed E-state index contributed by atoms with van der Waals surface area (Å²) in [4.78, 5) is 22.7. The number of benzene rings is 1. The summed E-state index contributed by atoms with van der Waals surface area (Å²) in [6, 6.07) is 5.95. The second kappa shape index (κ2) is 8.82. The van der Waals surface area contributed by atoms with Crippen LogP contribution >= 0.6 is 0 Å². The van der Waals surface area contributed by atoms with Crippen LogP contribution in [0.2, 0.25) is 0 Å². The molecule has 0 radical (unpaired) electrons. The molecule has 0 aliphatic carbocycles. The average Bonchev–Trinajstić information content (AvgIpc) is 2.53. The van der Waals surface area contributed by atoms with Gasteiger partial charge in [0.05, 0.1) is 16.9 Å². The highest BCUT2D eigenvalue weighted by molar-refractivity contribution is 7.89. The fourth-order valence-corrected chi connectivity index (χ4v) is 2.78. The number of rotatable bonds is 10. The van der Waals surface area contributed by atoms with E-state index in [4.69, 9.17) is 9.84 Å². The Bertz CT molecular complexity index is 698. The van der Waals surface area contributed by atoms with Crippen molar-refractivity contribution in [2.75, 3.05) is 19.7 Å². The molecule has 140 valence electrons. The SMILES string of the molecule is CCOc1ccc(S(=O)(=O)NCCC(=O)NCC(C)(C)C(=O)O)cc1. The van der Waals surface area contributed by atoms with E-state index >= 15 is 0 Å². The van der Waals surface area contributed by atoms with Gasteiger partial charge in [-0.1, -0.05) is 0 Å². The Hall–Kier alpha value is -2.13. The second-order valence-electron chi connectivity index (χ2n) is 6.02. The first-order valence-electron chi connectivity index (χ1n) is 7.81. The molecule has 1 aromatic rings. The summed E-state index contributed by atoms with van der Waals surface area (Å²) in [7, 11) is -3.72. The molecule has 0 unspecified atom stereocenters. The van der Waals surface area contributed by atoms with Crippen molar-refractivity contribution in [2.24, 2.45) is 5.41 Å². The predicted molar refractivity (Wildman–Crippen MR) is 91.8 cm³/mol. The maximum absolute atomic E-state index is 12.1. The molecule has 3 N–H and O–H groups in total. The van der Waals surface area contributed by atoms with E-state index in [-0.39, 0.29) is 24.4 Å². The molecular formula is C16H24N2O6S. The van der Waals surface area contributed by atoms with Crippen LogP contribution in [0.3, 0.4) is 0 Å². The number of nitrogens with one attached hydrogen (secondary N) is 2. The molecule has 25 heavy (non-hydrogen) atoms. The molecule has 1 aromatic carbocycles. The van der Waals surface area contributed by atoms with Gasteiger partial charge in [0.15, 0.2) is 0 Å². The third-order valence-electron chi connectivity index (χ3n) is 3.40. The average molecular weight is 372 g/mol. The lowest BCUT2D eigenvalue weighted by Gasteiger charge is -2.19. The third-order valence-corrected chi connectivity index (χ3v) is 4.87. The van der Waals surface area contributed by atoms with E-state index in [2.05, 4.69) is 10.0 Å². The van der Waals surface area contributed by atoms with Crippen molar-refractivity contribution in [3.63, 3.8) is 0 Å². The van der Waals surface area contributed by atoms with Crippen LogP contribution in [0.4, 0.5) is 0 Å². The zero-order chi connectivity index (χ0) is 19.1. The van der Waals surface area contributed by atoms with Gasteiger partial charge in [0.2, 0.25) is 15.9 Å². The first-order valence-corrected chi connectivity index (χ1v) is 9.29. The normalized spacial score (nSPS) is 11.8. The van der Waals surface area contributed by atoms with Gasteiger partial charge in [-0.25, -0.2) is 13.1 Å². The van der Waals surface area contributed by atoms with Gasteiger partial charge in [0.25, 0.3) is 0 Å². The molecule has 8 nitrogen and oxygen atoms in total. The fraction of sp³-hybridized carbons (Fsp3) is 0.500. The summed E-state index contributed by atoms with van der Waals surface area (Å²) in [6.45, 7) is 5.17. The maximum atomic E-state index is 12.1. The Morgan fingerprint density at radius 3 is 2.32 bits per heavy atom. The van der Waals surface area contributed by atoms with Crippen molar-refractivity contribution in [1.82, 2.24) is 10.0 Å². The molecule has 0 aliphatic heterocycles. The molecule has 0 bridgehead atoms. The zero-order valence-corrected chi connectivity index (χ0v) is 15.4. The molecule has 0 saturated carbocycles. The van der Waals surface area contributed by atoms with Crippen LogP contribution in [0, 0.1) is 5.41 Å². The summed E-state index contributed by atoms with van der Waals surface area (Å²) >= 11 is 0. The number of hydrogen-bond acceptors (Lipinski definition) is 5. The summed E-state index contributed by atoms with van der Waals surface area (Å²) in [5.41, 5.74) is -1.09. The Morgan fingerprint density at radius 2 is 1.80 bits per heavy atom. The number of carboxylic acids is 1. The van der Waals surface area contributed by atoms with Gasteiger partial charge < -0.3 is 15.2 Å². The first-order chi connectivity index (χ1) is 11.6. The van der Waals surface area contributed by atoms with E-state index in [0.717, 1.165) is 0 Å². The minimum absolute atomic E-state index is 0.0349. The number of sulfonamides is 1. The molecule has 1 amide bonds. The molecule has 0 aliphatic rings. The maximum Gasteiger partial charge on any atom is 0.310 e. The Kier molecular flexibility index (Phi) is 7.38. The van der Waals surface area contributed by atoms with Gasteiger partial charge >= 0.3 is 5.97 Å².